The molecule has 2 aromatic rings. The maximum atomic E-state index is 5.85. The van der Waals surface area contributed by atoms with Gasteiger partial charge in [0.05, 0.1) is 6.61 Å². The quantitative estimate of drug-likeness (QED) is 0.233. The molecule has 0 aliphatic carbocycles. The van der Waals surface area contributed by atoms with Crippen LogP contribution >= 0.6 is 24.0 Å². The molecule has 0 amide bonds. The average Bonchev–Trinajstić information content (AvgIpc) is 2.70. The number of rotatable bonds is 9. The Morgan fingerprint density at radius 2 is 1.69 bits per heavy atom. The Hall–Kier alpha value is -2.00. The number of methoxy groups -OCH3 is 1. The molecule has 2 N–H and O–H groups in total. The van der Waals surface area contributed by atoms with Gasteiger partial charge in [0.15, 0.2) is 5.96 Å². The molecule has 0 aromatic heterocycles. The number of ether oxygens (including phenoxy) is 2. The van der Waals surface area contributed by atoms with Gasteiger partial charge in [-0.15, -0.1) is 24.0 Å². The lowest BCUT2D eigenvalue weighted by atomic mass is 10.1. The number of aryl methyl sites for hydroxylation is 1. The van der Waals surface area contributed by atoms with E-state index < -0.39 is 0 Å². The molecule has 0 heterocycles. The van der Waals surface area contributed by atoms with Gasteiger partial charge in [-0.05, 0) is 36.2 Å². The van der Waals surface area contributed by atoms with Crippen LogP contribution in [0.25, 0.3) is 0 Å². The van der Waals surface area contributed by atoms with Crippen LogP contribution in [0.4, 0.5) is 5.69 Å². The van der Waals surface area contributed by atoms with Crippen LogP contribution in [0.1, 0.15) is 16.7 Å². The third-order valence-corrected chi connectivity index (χ3v) is 4.35. The third-order valence-electron chi connectivity index (χ3n) is 4.35. The fraction of sp³-hybridized carbons (Fsp3) is 0.409. The van der Waals surface area contributed by atoms with Crippen molar-refractivity contribution in [3.05, 3.63) is 59.2 Å². The largest absolute Gasteiger partial charge is 0.491 e. The third kappa shape index (κ3) is 8.49. The van der Waals surface area contributed by atoms with E-state index in [0.29, 0.717) is 26.3 Å². The van der Waals surface area contributed by atoms with E-state index in [0.717, 1.165) is 17.3 Å². The molecule has 0 bridgehead atoms. The maximum absolute atomic E-state index is 5.85. The van der Waals surface area contributed by atoms with Crippen molar-refractivity contribution in [1.29, 1.82) is 0 Å². The highest BCUT2D eigenvalue weighted by Crippen LogP contribution is 2.20. The fourth-order valence-corrected chi connectivity index (χ4v) is 2.67. The number of hydrogen-bond donors (Lipinski definition) is 2. The van der Waals surface area contributed by atoms with E-state index in [9.17, 15) is 0 Å². The van der Waals surface area contributed by atoms with Crippen LogP contribution in [0.2, 0.25) is 0 Å². The van der Waals surface area contributed by atoms with Crippen molar-refractivity contribution >= 4 is 35.6 Å². The minimum atomic E-state index is 0. The normalized spacial score (nSPS) is 10.9. The number of nitrogens with zero attached hydrogens (tertiary/aromatic N) is 2. The lowest BCUT2D eigenvalue weighted by Gasteiger charge is -2.16. The highest BCUT2D eigenvalue weighted by molar-refractivity contribution is 14.0. The maximum Gasteiger partial charge on any atom is 0.191 e. The van der Waals surface area contributed by atoms with E-state index in [4.69, 9.17) is 9.47 Å². The lowest BCUT2D eigenvalue weighted by molar-refractivity contribution is 0.145. The van der Waals surface area contributed by atoms with Gasteiger partial charge in [0.1, 0.15) is 12.4 Å². The van der Waals surface area contributed by atoms with Crippen LogP contribution < -0.4 is 20.3 Å². The highest BCUT2D eigenvalue weighted by atomic mass is 127. The second-order valence-electron chi connectivity index (χ2n) is 6.79. The summed E-state index contributed by atoms with van der Waals surface area (Å²) in [5.41, 5.74) is 4.64. The molecule has 7 heteroatoms. The summed E-state index contributed by atoms with van der Waals surface area (Å²) in [6.07, 6.45) is 0. The van der Waals surface area contributed by atoms with Gasteiger partial charge in [-0.2, -0.15) is 0 Å². The van der Waals surface area contributed by atoms with Crippen molar-refractivity contribution in [1.82, 2.24) is 10.6 Å². The van der Waals surface area contributed by atoms with Crippen LogP contribution in [-0.2, 0) is 17.8 Å². The second-order valence-corrected chi connectivity index (χ2v) is 6.79. The van der Waals surface area contributed by atoms with Gasteiger partial charge in [-0.1, -0.05) is 24.3 Å². The molecule has 6 nitrogen and oxygen atoms in total. The zero-order valence-corrected chi connectivity index (χ0v) is 20.3. The van der Waals surface area contributed by atoms with Gasteiger partial charge < -0.3 is 25.0 Å². The van der Waals surface area contributed by atoms with E-state index >= 15 is 0 Å². The van der Waals surface area contributed by atoms with Crippen LogP contribution in [-0.4, -0.2) is 47.4 Å². The van der Waals surface area contributed by atoms with Crippen molar-refractivity contribution in [3.8, 4) is 5.75 Å². The lowest BCUT2D eigenvalue weighted by Crippen LogP contribution is -2.36. The van der Waals surface area contributed by atoms with Crippen LogP contribution in [0.5, 0.6) is 5.75 Å². The molecular formula is C22H33IN4O2. The minimum absolute atomic E-state index is 0. The number of benzene rings is 2. The summed E-state index contributed by atoms with van der Waals surface area (Å²) in [5.74, 6) is 1.62. The molecule has 0 aliphatic heterocycles. The molecule has 2 aromatic carbocycles. The van der Waals surface area contributed by atoms with Gasteiger partial charge in [0.2, 0.25) is 0 Å². The summed E-state index contributed by atoms with van der Waals surface area (Å²) in [4.78, 5) is 6.40. The minimum Gasteiger partial charge on any atom is -0.491 e. The Balaban J connectivity index is 0.00000420. The summed E-state index contributed by atoms with van der Waals surface area (Å²) in [7, 11) is 7.52. The smallest absolute Gasteiger partial charge is 0.191 e. The van der Waals surface area contributed by atoms with Gasteiger partial charge >= 0.3 is 0 Å². The Morgan fingerprint density at radius 1 is 1.00 bits per heavy atom. The van der Waals surface area contributed by atoms with E-state index in [1.165, 1.54) is 16.8 Å². The summed E-state index contributed by atoms with van der Waals surface area (Å²) < 4.78 is 10.9. The number of hydrogen-bond acceptors (Lipinski definition) is 4. The zero-order chi connectivity index (χ0) is 20.4. The Morgan fingerprint density at radius 3 is 2.31 bits per heavy atom. The predicted molar refractivity (Wildman–Crippen MR) is 132 cm³/mol. The summed E-state index contributed by atoms with van der Waals surface area (Å²) in [5, 5.41) is 6.71. The van der Waals surface area contributed by atoms with E-state index in [1.807, 2.05) is 14.1 Å². The first-order valence-electron chi connectivity index (χ1n) is 9.45. The van der Waals surface area contributed by atoms with Crippen molar-refractivity contribution in [2.75, 3.05) is 46.4 Å². The van der Waals surface area contributed by atoms with Crippen LogP contribution in [0, 0.1) is 6.92 Å². The summed E-state index contributed by atoms with van der Waals surface area (Å²) in [6.45, 7) is 4.49. The average molecular weight is 512 g/mol. The standard InChI is InChI=1S/C22H32N4O2.HI/c1-17-6-9-19(21(14-17)28-13-12-27-5)16-25-22(23-2)24-15-18-7-10-20(11-8-18)26(3)4;/h6-11,14H,12-13,15-16H2,1-5H3,(H2,23,24,25);1H. The molecule has 0 spiro atoms. The second kappa shape index (κ2) is 13.3. The number of anilines is 1. The topological polar surface area (TPSA) is 58.1 Å². The molecule has 160 valence electrons. The Labute approximate surface area is 191 Å². The van der Waals surface area contributed by atoms with Crippen LogP contribution in [0.3, 0.4) is 0 Å². The fourth-order valence-electron chi connectivity index (χ4n) is 2.67. The number of nitrogens with one attached hydrogen (secondary N) is 2. The highest BCUT2D eigenvalue weighted by Gasteiger charge is 2.06. The Kier molecular flexibility index (Phi) is 11.5. The molecule has 0 fully saturated rings. The number of guanidine groups is 1. The molecule has 0 atom stereocenters. The number of aliphatic imine (C=N–C) groups is 1. The first-order chi connectivity index (χ1) is 13.5. The summed E-state index contributed by atoms with van der Waals surface area (Å²) in [6, 6.07) is 14.7. The first kappa shape index (κ1) is 25.0. The van der Waals surface area contributed by atoms with Crippen molar-refractivity contribution < 1.29 is 9.47 Å². The molecule has 0 saturated heterocycles. The van der Waals surface area contributed by atoms with E-state index in [2.05, 4.69) is 69.9 Å². The molecule has 0 saturated carbocycles. The predicted octanol–water partition coefficient (Wildman–Crippen LogP) is 3.57. The molecule has 2 rings (SSSR count). The SMILES string of the molecule is CN=C(NCc1ccc(N(C)C)cc1)NCc1ccc(C)cc1OCCOC.I. The summed E-state index contributed by atoms with van der Waals surface area (Å²) >= 11 is 0. The molecule has 29 heavy (non-hydrogen) atoms. The van der Waals surface area contributed by atoms with Gasteiger partial charge in [0.25, 0.3) is 0 Å². The van der Waals surface area contributed by atoms with Gasteiger partial charge in [-0.3, -0.25) is 4.99 Å². The molecule has 0 radical (unpaired) electrons. The molecule has 0 unspecified atom stereocenters. The van der Waals surface area contributed by atoms with Crippen molar-refractivity contribution in [3.63, 3.8) is 0 Å². The Bertz CT molecular complexity index is 764. The van der Waals surface area contributed by atoms with Crippen molar-refractivity contribution in [2.24, 2.45) is 4.99 Å². The monoisotopic (exact) mass is 512 g/mol. The molecule has 0 aliphatic rings. The molecular weight excluding hydrogens is 479 g/mol. The van der Waals surface area contributed by atoms with Crippen molar-refractivity contribution in [2.45, 2.75) is 20.0 Å². The van der Waals surface area contributed by atoms with Gasteiger partial charge in [0, 0.05) is 52.6 Å². The van der Waals surface area contributed by atoms with Crippen LogP contribution in [0.15, 0.2) is 47.5 Å². The number of halogens is 1. The van der Waals surface area contributed by atoms with E-state index in [1.54, 1.807) is 14.2 Å². The first-order valence-corrected chi connectivity index (χ1v) is 9.45. The van der Waals surface area contributed by atoms with E-state index in [-0.39, 0.29) is 24.0 Å². The zero-order valence-electron chi connectivity index (χ0n) is 18.0. The van der Waals surface area contributed by atoms with Gasteiger partial charge in [-0.25, -0.2) is 0 Å².